The van der Waals surface area contributed by atoms with E-state index in [1.807, 2.05) is 4.90 Å². The van der Waals surface area contributed by atoms with Crippen molar-refractivity contribution < 1.29 is 19.5 Å². The number of carboxylic acid groups (broad SMARTS) is 1. The molecule has 2 amide bonds. The number of anilines is 2. The molecule has 2 saturated heterocycles. The average molecular weight is 389 g/mol. The number of primary amides is 1. The quantitative estimate of drug-likeness (QED) is 0.686. The second kappa shape index (κ2) is 8.14. The first-order chi connectivity index (χ1) is 13.3. The Bertz CT molecular complexity index is 768. The van der Waals surface area contributed by atoms with Crippen LogP contribution in [0.1, 0.15) is 49.4 Å². The lowest BCUT2D eigenvalue weighted by atomic mass is 9.83. The molecule has 0 spiro atoms. The number of carboxylic acids is 1. The van der Waals surface area contributed by atoms with Crippen LogP contribution in [0.2, 0.25) is 0 Å². The van der Waals surface area contributed by atoms with Crippen LogP contribution in [0.5, 0.6) is 0 Å². The largest absolute Gasteiger partial charge is 0.478 e. The molecular weight excluding hydrogens is 362 g/mol. The van der Waals surface area contributed by atoms with Gasteiger partial charge in [0.1, 0.15) is 16.9 Å². The van der Waals surface area contributed by atoms with E-state index in [1.54, 1.807) is 0 Å². The monoisotopic (exact) mass is 389 g/mol. The second-order valence-electron chi connectivity index (χ2n) is 7.51. The van der Waals surface area contributed by atoms with Gasteiger partial charge in [-0.2, -0.15) is 0 Å². The highest BCUT2D eigenvalue weighted by atomic mass is 16.4. The van der Waals surface area contributed by atoms with Crippen molar-refractivity contribution in [3.05, 3.63) is 17.8 Å². The zero-order valence-corrected chi connectivity index (χ0v) is 16.1. The van der Waals surface area contributed by atoms with Gasteiger partial charge in [-0.15, -0.1) is 0 Å². The number of likely N-dealkylation sites (tertiary alicyclic amines) is 1. The summed E-state index contributed by atoms with van der Waals surface area (Å²) in [6.07, 6.45) is 5.82. The number of carbonyl (C=O) groups excluding carboxylic acids is 2. The number of aromatic carboxylic acids is 1. The van der Waals surface area contributed by atoms with E-state index >= 15 is 0 Å². The summed E-state index contributed by atoms with van der Waals surface area (Å²) in [4.78, 5) is 43.7. The zero-order chi connectivity index (χ0) is 20.3. The molecule has 9 nitrogen and oxygen atoms in total. The number of carbonyl (C=O) groups is 3. The number of piperidine rings is 2. The SMILES string of the molecule is CC(=O)Nc1cnc(N2CCC(C(N)=O)(N3CCCCC3)CC2)c(C(=O)O)c1. The lowest BCUT2D eigenvalue weighted by molar-refractivity contribution is -0.132. The number of aromatic nitrogens is 1. The molecule has 2 fully saturated rings. The van der Waals surface area contributed by atoms with Crippen LogP contribution in [0.3, 0.4) is 0 Å². The minimum Gasteiger partial charge on any atom is -0.478 e. The summed E-state index contributed by atoms with van der Waals surface area (Å²) in [7, 11) is 0. The van der Waals surface area contributed by atoms with Gasteiger partial charge in [0.2, 0.25) is 11.8 Å². The fourth-order valence-electron chi connectivity index (χ4n) is 4.27. The highest BCUT2D eigenvalue weighted by Crippen LogP contribution is 2.34. The van der Waals surface area contributed by atoms with Gasteiger partial charge >= 0.3 is 5.97 Å². The van der Waals surface area contributed by atoms with Crippen molar-refractivity contribution in [2.75, 3.05) is 36.4 Å². The molecule has 0 bridgehead atoms. The van der Waals surface area contributed by atoms with E-state index < -0.39 is 11.5 Å². The Morgan fingerprint density at radius 2 is 1.79 bits per heavy atom. The predicted molar refractivity (Wildman–Crippen MR) is 104 cm³/mol. The van der Waals surface area contributed by atoms with Crippen molar-refractivity contribution in [3.8, 4) is 0 Å². The van der Waals surface area contributed by atoms with Gasteiger partial charge < -0.3 is 21.1 Å². The molecule has 28 heavy (non-hydrogen) atoms. The summed E-state index contributed by atoms with van der Waals surface area (Å²) in [5.41, 5.74) is 5.50. The van der Waals surface area contributed by atoms with Gasteiger partial charge in [0.25, 0.3) is 0 Å². The Labute approximate surface area is 163 Å². The Morgan fingerprint density at radius 1 is 1.14 bits per heavy atom. The Balaban J connectivity index is 1.80. The third-order valence-corrected chi connectivity index (χ3v) is 5.73. The molecule has 0 aromatic carbocycles. The van der Waals surface area contributed by atoms with Gasteiger partial charge in [-0.3, -0.25) is 14.5 Å². The number of nitrogens with two attached hydrogens (primary N) is 1. The molecule has 1 aromatic rings. The number of nitrogens with zero attached hydrogens (tertiary/aromatic N) is 3. The number of pyridine rings is 1. The van der Waals surface area contributed by atoms with Crippen molar-refractivity contribution in [2.45, 2.75) is 44.6 Å². The molecule has 0 unspecified atom stereocenters. The van der Waals surface area contributed by atoms with E-state index in [0.29, 0.717) is 37.4 Å². The summed E-state index contributed by atoms with van der Waals surface area (Å²) >= 11 is 0. The molecule has 4 N–H and O–H groups in total. The van der Waals surface area contributed by atoms with Crippen molar-refractivity contribution in [1.82, 2.24) is 9.88 Å². The summed E-state index contributed by atoms with van der Waals surface area (Å²) in [5.74, 6) is -1.37. The van der Waals surface area contributed by atoms with Gasteiger partial charge in [-0.25, -0.2) is 9.78 Å². The smallest absolute Gasteiger partial charge is 0.339 e. The molecule has 0 atom stereocenters. The normalized spacial score (nSPS) is 19.8. The van der Waals surface area contributed by atoms with Crippen LogP contribution in [0.15, 0.2) is 12.3 Å². The molecule has 0 radical (unpaired) electrons. The van der Waals surface area contributed by atoms with Crippen LogP contribution >= 0.6 is 0 Å². The first-order valence-electron chi connectivity index (χ1n) is 9.64. The summed E-state index contributed by atoms with van der Waals surface area (Å²) in [6.45, 7) is 4.07. The number of hydrogen-bond donors (Lipinski definition) is 3. The van der Waals surface area contributed by atoms with Crippen molar-refractivity contribution >= 4 is 29.3 Å². The average Bonchev–Trinajstić information content (AvgIpc) is 2.68. The van der Waals surface area contributed by atoms with E-state index in [4.69, 9.17) is 5.73 Å². The molecule has 2 aliphatic heterocycles. The van der Waals surface area contributed by atoms with E-state index in [1.165, 1.54) is 25.6 Å². The van der Waals surface area contributed by atoms with Gasteiger partial charge in [0, 0.05) is 20.0 Å². The van der Waals surface area contributed by atoms with E-state index in [9.17, 15) is 19.5 Å². The maximum Gasteiger partial charge on any atom is 0.339 e. The topological polar surface area (TPSA) is 129 Å². The molecule has 3 heterocycles. The van der Waals surface area contributed by atoms with Gasteiger partial charge in [0.05, 0.1) is 11.9 Å². The van der Waals surface area contributed by atoms with Crippen LogP contribution in [0, 0.1) is 0 Å². The maximum absolute atomic E-state index is 12.4. The molecule has 9 heteroatoms. The van der Waals surface area contributed by atoms with Crippen LogP contribution in [-0.2, 0) is 9.59 Å². The fraction of sp³-hybridized carbons (Fsp3) is 0.579. The first kappa shape index (κ1) is 20.1. The predicted octanol–water partition coefficient (Wildman–Crippen LogP) is 1.05. The molecule has 1 aromatic heterocycles. The molecule has 3 rings (SSSR count). The molecule has 152 valence electrons. The van der Waals surface area contributed by atoms with Crippen molar-refractivity contribution in [2.24, 2.45) is 5.73 Å². The zero-order valence-electron chi connectivity index (χ0n) is 16.1. The van der Waals surface area contributed by atoms with Gasteiger partial charge in [-0.1, -0.05) is 6.42 Å². The lowest BCUT2D eigenvalue weighted by Gasteiger charge is -2.48. The lowest BCUT2D eigenvalue weighted by Crippen LogP contribution is -2.63. The van der Waals surface area contributed by atoms with Crippen molar-refractivity contribution in [3.63, 3.8) is 0 Å². The fourth-order valence-corrected chi connectivity index (χ4v) is 4.27. The second-order valence-corrected chi connectivity index (χ2v) is 7.51. The van der Waals surface area contributed by atoms with Crippen LogP contribution in [0.25, 0.3) is 0 Å². The molecule has 0 aliphatic carbocycles. The third-order valence-electron chi connectivity index (χ3n) is 5.73. The standard InChI is InChI=1S/C19H27N5O4/c1-13(25)22-14-11-15(17(26)27)16(21-12-14)23-9-5-19(6-10-23,18(20)28)24-7-3-2-4-8-24/h11-12H,2-10H2,1H3,(H2,20,28)(H,22,25)(H,26,27). The van der Waals surface area contributed by atoms with Crippen LogP contribution in [0.4, 0.5) is 11.5 Å². The molecule has 2 aliphatic rings. The van der Waals surface area contributed by atoms with Crippen LogP contribution < -0.4 is 16.0 Å². The number of rotatable bonds is 5. The highest BCUT2D eigenvalue weighted by Gasteiger charge is 2.45. The van der Waals surface area contributed by atoms with Crippen molar-refractivity contribution in [1.29, 1.82) is 0 Å². The first-order valence-corrected chi connectivity index (χ1v) is 9.64. The number of amides is 2. The Morgan fingerprint density at radius 3 is 2.32 bits per heavy atom. The van der Waals surface area contributed by atoms with Gasteiger partial charge in [0.15, 0.2) is 0 Å². The minimum absolute atomic E-state index is 0.0239. The van der Waals surface area contributed by atoms with Gasteiger partial charge in [-0.05, 0) is 44.8 Å². The van der Waals surface area contributed by atoms with Crippen LogP contribution in [-0.4, -0.2) is 64.5 Å². The maximum atomic E-state index is 12.4. The highest BCUT2D eigenvalue weighted by molar-refractivity contribution is 5.96. The summed E-state index contributed by atoms with van der Waals surface area (Å²) in [5, 5.41) is 12.1. The minimum atomic E-state index is -1.11. The van der Waals surface area contributed by atoms with E-state index in [2.05, 4.69) is 15.2 Å². The molecular formula is C19H27N5O4. The number of hydrogen-bond acceptors (Lipinski definition) is 6. The number of nitrogens with one attached hydrogen (secondary N) is 1. The Hall–Kier alpha value is -2.68. The summed E-state index contributed by atoms with van der Waals surface area (Å²) in [6, 6.07) is 1.41. The van der Waals surface area contributed by atoms with E-state index in [0.717, 1.165) is 25.9 Å². The Kier molecular flexibility index (Phi) is 5.83. The van der Waals surface area contributed by atoms with E-state index in [-0.39, 0.29) is 17.4 Å². The third kappa shape index (κ3) is 3.94. The summed E-state index contributed by atoms with van der Waals surface area (Å²) < 4.78 is 0. The molecule has 0 saturated carbocycles.